The normalized spacial score (nSPS) is 21.8. The highest BCUT2D eigenvalue weighted by Crippen LogP contribution is 2.25. The molecular weight excluding hydrogens is 260 g/mol. The van der Waals surface area contributed by atoms with E-state index in [1.807, 2.05) is 19.1 Å². The minimum absolute atomic E-state index is 0.227. The van der Waals surface area contributed by atoms with Crippen molar-refractivity contribution in [2.24, 2.45) is 0 Å². The summed E-state index contributed by atoms with van der Waals surface area (Å²) in [7, 11) is 0. The number of hydrogen-bond donors (Lipinski definition) is 2. The van der Waals surface area contributed by atoms with Crippen LogP contribution >= 0.6 is 12.8 Å². The summed E-state index contributed by atoms with van der Waals surface area (Å²) < 4.78 is 8.71. The van der Waals surface area contributed by atoms with E-state index in [4.69, 9.17) is 4.74 Å². The van der Waals surface area contributed by atoms with Gasteiger partial charge in [0.25, 0.3) is 0 Å². The predicted molar refractivity (Wildman–Crippen MR) is 77.4 cm³/mol. The molecule has 1 aromatic rings. The fourth-order valence-electron chi connectivity index (χ4n) is 2.07. The first-order valence-corrected chi connectivity index (χ1v) is 7.19. The lowest BCUT2D eigenvalue weighted by Gasteiger charge is -2.34. The Labute approximate surface area is 119 Å². The molecule has 0 bridgehead atoms. The average molecular weight is 280 g/mol. The van der Waals surface area contributed by atoms with Crippen LogP contribution in [0.1, 0.15) is 38.2 Å². The molecule has 1 aliphatic rings. The van der Waals surface area contributed by atoms with Gasteiger partial charge in [0.2, 0.25) is 5.88 Å². The van der Waals surface area contributed by atoms with Crippen molar-refractivity contribution in [3.8, 4) is 5.88 Å². The minimum Gasteiger partial charge on any atom is -0.474 e. The van der Waals surface area contributed by atoms with Gasteiger partial charge >= 0.3 is 0 Å². The van der Waals surface area contributed by atoms with Crippen molar-refractivity contribution in [2.45, 2.75) is 51.2 Å². The van der Waals surface area contributed by atoms with E-state index in [2.05, 4.69) is 22.5 Å². The van der Waals surface area contributed by atoms with E-state index < -0.39 is 0 Å². The Bertz CT molecular complexity index is 433. The summed E-state index contributed by atoms with van der Waals surface area (Å²) in [5.74, 6) is 0.949. The van der Waals surface area contributed by atoms with E-state index in [1.54, 1.807) is 6.20 Å². The molecule has 1 saturated carbocycles. The van der Waals surface area contributed by atoms with Crippen molar-refractivity contribution >= 4 is 18.6 Å². The second kappa shape index (κ2) is 6.91. The van der Waals surface area contributed by atoms with Gasteiger partial charge in [-0.05, 0) is 18.1 Å². The van der Waals surface area contributed by atoms with Gasteiger partial charge in [-0.2, -0.15) is 0 Å². The van der Waals surface area contributed by atoms with Gasteiger partial charge in [-0.25, -0.2) is 4.98 Å². The molecule has 0 radical (unpaired) electrons. The largest absolute Gasteiger partial charge is 0.474 e. The number of rotatable bonds is 7. The number of carbonyl (C=O) groups is 1. The highest BCUT2D eigenvalue weighted by molar-refractivity contribution is 7.78. The zero-order valence-electron chi connectivity index (χ0n) is 11.1. The van der Waals surface area contributed by atoms with E-state index in [0.29, 0.717) is 30.5 Å². The van der Waals surface area contributed by atoms with Crippen LogP contribution in [0.15, 0.2) is 18.3 Å². The third kappa shape index (κ3) is 4.21. The maximum absolute atomic E-state index is 11.3. The van der Waals surface area contributed by atoms with Crippen LogP contribution in [0.25, 0.3) is 0 Å². The molecule has 0 aliphatic heterocycles. The number of nitrogens with one attached hydrogen (secondary N) is 1. The van der Waals surface area contributed by atoms with E-state index in [9.17, 15) is 4.79 Å². The maximum Gasteiger partial charge on any atom is 0.213 e. The Morgan fingerprint density at radius 2 is 2.37 bits per heavy atom. The molecule has 2 rings (SSSR count). The van der Waals surface area contributed by atoms with Gasteiger partial charge in [0.05, 0.1) is 0 Å². The maximum atomic E-state index is 11.3. The van der Waals surface area contributed by atoms with E-state index in [1.165, 1.54) is 0 Å². The lowest BCUT2D eigenvalue weighted by Crippen LogP contribution is -2.43. The number of ketones is 1. The fraction of sp³-hybridized carbons (Fsp3) is 0.571. The molecule has 0 spiro atoms. The fourth-order valence-corrected chi connectivity index (χ4v) is 2.28. The Kier molecular flexibility index (Phi) is 5.22. The lowest BCUT2D eigenvalue weighted by atomic mass is 9.90. The summed E-state index contributed by atoms with van der Waals surface area (Å²) in [6.45, 7) is 1.89. The molecule has 0 atom stereocenters. The summed E-state index contributed by atoms with van der Waals surface area (Å²) in [5.41, 5.74) is 1.11. The number of ether oxygens (including phenoxy) is 1. The highest BCUT2D eigenvalue weighted by atomic mass is 32.1. The van der Waals surface area contributed by atoms with E-state index in [-0.39, 0.29) is 6.10 Å². The van der Waals surface area contributed by atoms with Crippen molar-refractivity contribution in [1.82, 2.24) is 9.71 Å². The molecule has 19 heavy (non-hydrogen) atoms. The van der Waals surface area contributed by atoms with Gasteiger partial charge in [-0.1, -0.05) is 19.7 Å². The van der Waals surface area contributed by atoms with Gasteiger partial charge < -0.3 is 4.74 Å². The topological polar surface area (TPSA) is 51.2 Å². The van der Waals surface area contributed by atoms with Crippen LogP contribution in [-0.2, 0) is 11.2 Å². The molecular formula is C14H20N2O2S. The second-order valence-electron chi connectivity index (χ2n) is 4.93. The SMILES string of the molecule is CCC(=O)CCc1ccnc(O[C@H]2C[C@H](NS)C2)c1. The Balaban J connectivity index is 1.83. The summed E-state index contributed by atoms with van der Waals surface area (Å²) in [4.78, 5) is 15.5. The molecule has 0 amide bonds. The van der Waals surface area contributed by atoms with Gasteiger partial charge in [0.15, 0.2) is 0 Å². The zero-order valence-corrected chi connectivity index (χ0v) is 12.0. The Morgan fingerprint density at radius 3 is 3.05 bits per heavy atom. The molecule has 5 heteroatoms. The second-order valence-corrected chi connectivity index (χ2v) is 5.19. The third-order valence-electron chi connectivity index (χ3n) is 3.45. The van der Waals surface area contributed by atoms with Crippen LogP contribution in [-0.4, -0.2) is 22.9 Å². The first kappa shape index (κ1) is 14.3. The molecule has 0 unspecified atom stereocenters. The van der Waals surface area contributed by atoms with Gasteiger partial charge in [-0.15, -0.1) is 0 Å². The van der Waals surface area contributed by atoms with Crippen molar-refractivity contribution in [2.75, 3.05) is 0 Å². The number of nitrogens with zero attached hydrogens (tertiary/aromatic N) is 1. The number of thiol groups is 1. The smallest absolute Gasteiger partial charge is 0.213 e. The summed E-state index contributed by atoms with van der Waals surface area (Å²) in [6.07, 6.45) is 5.85. The quantitative estimate of drug-likeness (QED) is 0.753. The monoisotopic (exact) mass is 280 g/mol. The number of aromatic nitrogens is 1. The molecule has 0 saturated heterocycles. The number of carbonyl (C=O) groups excluding carboxylic acids is 1. The number of hydrogen-bond acceptors (Lipinski definition) is 5. The molecule has 1 N–H and O–H groups in total. The van der Waals surface area contributed by atoms with E-state index in [0.717, 1.165) is 24.8 Å². The number of Topliss-reactive ketones (excluding diaryl/α,β-unsaturated/α-hetero) is 1. The van der Waals surface area contributed by atoms with Gasteiger partial charge in [0.1, 0.15) is 11.9 Å². The molecule has 1 aromatic heterocycles. The van der Waals surface area contributed by atoms with Crippen molar-refractivity contribution < 1.29 is 9.53 Å². The van der Waals surface area contributed by atoms with Crippen molar-refractivity contribution in [3.05, 3.63) is 23.9 Å². The van der Waals surface area contributed by atoms with Gasteiger partial charge in [-0.3, -0.25) is 9.52 Å². The van der Waals surface area contributed by atoms with Crippen LogP contribution in [0.2, 0.25) is 0 Å². The number of pyridine rings is 1. The van der Waals surface area contributed by atoms with Crippen molar-refractivity contribution in [3.63, 3.8) is 0 Å². The lowest BCUT2D eigenvalue weighted by molar-refractivity contribution is -0.118. The Hall–Kier alpha value is -1.07. The predicted octanol–water partition coefficient (Wildman–Crippen LogP) is 2.34. The van der Waals surface area contributed by atoms with E-state index >= 15 is 0 Å². The van der Waals surface area contributed by atoms with Crippen LogP contribution in [0.5, 0.6) is 5.88 Å². The van der Waals surface area contributed by atoms with Gasteiger partial charge in [0, 0.05) is 44.0 Å². The minimum atomic E-state index is 0.227. The molecule has 1 heterocycles. The standard InChI is InChI=1S/C14H20N2O2S/c1-2-12(17)4-3-10-5-6-15-14(7-10)18-13-8-11(9-13)16-19/h5-7,11,13,16,19H,2-4,8-9H2,1H3/t11-,13-. The molecule has 1 fully saturated rings. The highest BCUT2D eigenvalue weighted by Gasteiger charge is 2.30. The van der Waals surface area contributed by atoms with Crippen LogP contribution in [0.4, 0.5) is 0 Å². The summed E-state index contributed by atoms with van der Waals surface area (Å²) in [6, 6.07) is 4.32. The molecule has 4 nitrogen and oxygen atoms in total. The first-order chi connectivity index (χ1) is 9.21. The van der Waals surface area contributed by atoms with Crippen LogP contribution in [0, 0.1) is 0 Å². The summed E-state index contributed by atoms with van der Waals surface area (Å²) >= 11 is 4.03. The third-order valence-corrected chi connectivity index (χ3v) is 3.82. The zero-order chi connectivity index (χ0) is 13.7. The molecule has 0 aromatic carbocycles. The first-order valence-electron chi connectivity index (χ1n) is 6.74. The van der Waals surface area contributed by atoms with Crippen LogP contribution in [0.3, 0.4) is 0 Å². The van der Waals surface area contributed by atoms with Crippen LogP contribution < -0.4 is 9.46 Å². The average Bonchev–Trinajstić information content (AvgIpc) is 2.40. The number of aryl methyl sites for hydroxylation is 1. The summed E-state index contributed by atoms with van der Waals surface area (Å²) in [5, 5.41) is 0. The van der Waals surface area contributed by atoms with Crippen molar-refractivity contribution in [1.29, 1.82) is 0 Å². The molecule has 1 aliphatic carbocycles. The molecule has 104 valence electrons. The Morgan fingerprint density at radius 1 is 1.58 bits per heavy atom.